The van der Waals surface area contributed by atoms with Gasteiger partial charge in [0.25, 0.3) is 11.8 Å². The summed E-state index contributed by atoms with van der Waals surface area (Å²) in [6.07, 6.45) is 6.07. The van der Waals surface area contributed by atoms with Gasteiger partial charge in [-0.3, -0.25) is 20.4 Å². The molecular weight excluding hydrogens is 402 g/mol. The lowest BCUT2D eigenvalue weighted by molar-refractivity contribution is 0.0843. The van der Waals surface area contributed by atoms with Crippen molar-refractivity contribution in [1.29, 1.82) is 0 Å². The molecule has 0 bridgehead atoms. The number of nitrogens with one attached hydrogen (secondary N) is 2. The molecule has 0 radical (unpaired) electrons. The van der Waals surface area contributed by atoms with E-state index >= 15 is 0 Å². The molecule has 2 aliphatic rings. The van der Waals surface area contributed by atoms with Gasteiger partial charge >= 0.3 is 0 Å². The van der Waals surface area contributed by atoms with E-state index in [4.69, 9.17) is 4.74 Å². The quantitative estimate of drug-likeness (QED) is 0.727. The van der Waals surface area contributed by atoms with Crippen molar-refractivity contribution >= 4 is 28.3 Å². The van der Waals surface area contributed by atoms with Crippen molar-refractivity contribution in [1.82, 2.24) is 20.4 Å². The molecule has 0 aromatic carbocycles. The third-order valence-corrected chi connectivity index (χ3v) is 6.87. The van der Waals surface area contributed by atoms with Crippen LogP contribution in [-0.4, -0.2) is 47.7 Å². The highest BCUT2D eigenvalue weighted by molar-refractivity contribution is 7.13. The highest BCUT2D eigenvalue weighted by Gasteiger charge is 2.23. The average Bonchev–Trinajstić information content (AvgIpc) is 3.38. The lowest BCUT2D eigenvalue weighted by Crippen LogP contribution is -2.42. The molecule has 3 heterocycles. The van der Waals surface area contributed by atoms with Crippen LogP contribution in [0.2, 0.25) is 0 Å². The third kappa shape index (κ3) is 4.37. The van der Waals surface area contributed by atoms with Crippen LogP contribution in [0.15, 0.2) is 11.4 Å². The molecule has 1 aliphatic heterocycles. The van der Waals surface area contributed by atoms with Crippen molar-refractivity contribution in [2.75, 3.05) is 31.2 Å². The van der Waals surface area contributed by atoms with Crippen molar-refractivity contribution in [2.24, 2.45) is 0 Å². The van der Waals surface area contributed by atoms with E-state index in [9.17, 15) is 9.59 Å². The Morgan fingerprint density at radius 1 is 1.10 bits per heavy atom. The van der Waals surface area contributed by atoms with E-state index in [0.29, 0.717) is 30.5 Å². The van der Waals surface area contributed by atoms with Crippen LogP contribution in [-0.2, 0) is 4.74 Å². The number of aromatic nitrogens is 2. The van der Waals surface area contributed by atoms with Gasteiger partial charge in [-0.2, -0.15) is 0 Å². The Labute approximate surface area is 180 Å². The number of thiazole rings is 1. The van der Waals surface area contributed by atoms with E-state index < -0.39 is 5.91 Å². The number of ether oxygens (including phenoxy) is 1. The van der Waals surface area contributed by atoms with Gasteiger partial charge in [-0.05, 0) is 32.8 Å². The summed E-state index contributed by atoms with van der Waals surface area (Å²) in [4.78, 5) is 31.7. The number of anilines is 1. The van der Waals surface area contributed by atoms with Crippen LogP contribution in [0.5, 0.6) is 0 Å². The number of rotatable bonds is 4. The van der Waals surface area contributed by atoms with Crippen LogP contribution in [0.25, 0.3) is 0 Å². The number of hydrazine groups is 1. The van der Waals surface area contributed by atoms with E-state index in [1.165, 1.54) is 30.6 Å². The molecule has 2 N–H and O–H groups in total. The predicted octanol–water partition coefficient (Wildman–Crippen LogP) is 2.98. The Morgan fingerprint density at radius 3 is 2.53 bits per heavy atom. The van der Waals surface area contributed by atoms with Crippen LogP contribution < -0.4 is 15.8 Å². The fraction of sp³-hybridized carbons (Fsp3) is 0.571. The Balaban J connectivity index is 1.37. The summed E-state index contributed by atoms with van der Waals surface area (Å²) in [5, 5.41) is 2.51. The SMILES string of the molecule is Cc1cc(C(=O)NNC(=O)c2csc(N3CCOCC3)n2)c(C)n1C1CCCCC1. The zero-order chi connectivity index (χ0) is 21.1. The molecule has 1 saturated carbocycles. The number of morpholine rings is 1. The summed E-state index contributed by atoms with van der Waals surface area (Å²) < 4.78 is 7.63. The van der Waals surface area contributed by atoms with Crippen LogP contribution in [0.1, 0.15) is 70.4 Å². The van der Waals surface area contributed by atoms with Gasteiger partial charge in [0.15, 0.2) is 5.13 Å². The standard InChI is InChI=1S/C21H29N5O3S/c1-14-12-17(15(2)26(14)16-6-4-3-5-7-16)19(27)23-24-20(28)18-13-30-21(22-18)25-8-10-29-11-9-25/h12-13,16H,3-11H2,1-2H3,(H,23,27)(H,24,28). The molecule has 2 aromatic heterocycles. The van der Waals surface area contributed by atoms with Crippen molar-refractivity contribution in [3.05, 3.63) is 34.1 Å². The second kappa shape index (κ2) is 9.18. The number of hydrogen-bond acceptors (Lipinski definition) is 6. The molecule has 8 nitrogen and oxygen atoms in total. The van der Waals surface area contributed by atoms with Gasteiger partial charge in [-0.1, -0.05) is 19.3 Å². The minimum atomic E-state index is -0.416. The summed E-state index contributed by atoms with van der Waals surface area (Å²) in [7, 11) is 0. The molecule has 9 heteroatoms. The van der Waals surface area contributed by atoms with Crippen LogP contribution in [0.4, 0.5) is 5.13 Å². The van der Waals surface area contributed by atoms with Crippen LogP contribution >= 0.6 is 11.3 Å². The third-order valence-electron chi connectivity index (χ3n) is 5.96. The maximum Gasteiger partial charge on any atom is 0.289 e. The molecular formula is C21H29N5O3S. The van der Waals surface area contributed by atoms with Crippen molar-refractivity contribution < 1.29 is 14.3 Å². The normalized spacial score (nSPS) is 17.7. The molecule has 1 saturated heterocycles. The number of nitrogens with zero attached hydrogens (tertiary/aromatic N) is 3. The van der Waals surface area contributed by atoms with Gasteiger partial charge in [-0.15, -0.1) is 11.3 Å². The summed E-state index contributed by atoms with van der Waals surface area (Å²) in [5.74, 6) is -0.720. The lowest BCUT2D eigenvalue weighted by atomic mass is 9.95. The number of carbonyl (C=O) groups is 2. The number of carbonyl (C=O) groups excluding carboxylic acids is 2. The number of hydrogen-bond donors (Lipinski definition) is 2. The van der Waals surface area contributed by atoms with Crippen molar-refractivity contribution in [3.8, 4) is 0 Å². The fourth-order valence-corrected chi connectivity index (χ4v) is 5.28. The molecule has 0 unspecified atom stereocenters. The number of aryl methyl sites for hydroxylation is 1. The first-order chi connectivity index (χ1) is 14.5. The average molecular weight is 432 g/mol. The summed E-state index contributed by atoms with van der Waals surface area (Å²) in [6, 6.07) is 2.37. The maximum atomic E-state index is 12.7. The highest BCUT2D eigenvalue weighted by Crippen LogP contribution is 2.32. The highest BCUT2D eigenvalue weighted by atomic mass is 32.1. The van der Waals surface area contributed by atoms with Gasteiger partial charge in [0.2, 0.25) is 0 Å². The first kappa shape index (κ1) is 20.9. The molecule has 2 aromatic rings. The van der Waals surface area contributed by atoms with E-state index in [-0.39, 0.29) is 5.91 Å². The van der Waals surface area contributed by atoms with E-state index in [0.717, 1.165) is 42.5 Å². The van der Waals surface area contributed by atoms with Crippen molar-refractivity contribution in [3.63, 3.8) is 0 Å². The first-order valence-corrected chi connectivity index (χ1v) is 11.5. The van der Waals surface area contributed by atoms with Gasteiger partial charge < -0.3 is 14.2 Å². The Hall–Kier alpha value is -2.39. The van der Waals surface area contributed by atoms with Gasteiger partial charge in [0.1, 0.15) is 5.69 Å². The summed E-state index contributed by atoms with van der Waals surface area (Å²) >= 11 is 1.42. The maximum absolute atomic E-state index is 12.7. The second-order valence-corrected chi connectivity index (χ2v) is 8.81. The largest absolute Gasteiger partial charge is 0.378 e. The molecule has 1 aliphatic carbocycles. The molecule has 4 rings (SSSR count). The Kier molecular flexibility index (Phi) is 6.38. The number of amides is 2. The smallest absolute Gasteiger partial charge is 0.289 e. The minimum absolute atomic E-state index is 0.300. The van der Waals surface area contributed by atoms with E-state index in [1.54, 1.807) is 5.38 Å². The predicted molar refractivity (Wildman–Crippen MR) is 116 cm³/mol. The van der Waals surface area contributed by atoms with Crippen LogP contribution in [0.3, 0.4) is 0 Å². The minimum Gasteiger partial charge on any atom is -0.378 e. The molecule has 2 amide bonds. The topological polar surface area (TPSA) is 88.5 Å². The molecule has 2 fully saturated rings. The second-order valence-electron chi connectivity index (χ2n) is 7.97. The van der Waals surface area contributed by atoms with Crippen molar-refractivity contribution in [2.45, 2.75) is 52.0 Å². The molecule has 162 valence electrons. The Morgan fingerprint density at radius 2 is 1.80 bits per heavy atom. The van der Waals surface area contributed by atoms with E-state index in [2.05, 4.69) is 25.3 Å². The Bertz CT molecular complexity index is 910. The first-order valence-electron chi connectivity index (χ1n) is 10.6. The van der Waals surface area contributed by atoms with E-state index in [1.807, 2.05) is 19.9 Å². The summed E-state index contributed by atoms with van der Waals surface area (Å²) in [5.41, 5.74) is 8.00. The fourth-order valence-electron chi connectivity index (χ4n) is 4.42. The van der Waals surface area contributed by atoms with Gasteiger partial charge in [0, 0.05) is 35.9 Å². The molecule has 0 atom stereocenters. The lowest BCUT2D eigenvalue weighted by Gasteiger charge is -2.26. The van der Waals surface area contributed by atoms with Crippen LogP contribution in [0, 0.1) is 13.8 Å². The zero-order valence-electron chi connectivity index (χ0n) is 17.6. The summed E-state index contributed by atoms with van der Waals surface area (Å²) in [6.45, 7) is 6.88. The molecule has 0 spiro atoms. The zero-order valence-corrected chi connectivity index (χ0v) is 18.4. The monoisotopic (exact) mass is 431 g/mol. The van der Waals surface area contributed by atoms with Gasteiger partial charge in [-0.25, -0.2) is 4.98 Å². The van der Waals surface area contributed by atoms with Gasteiger partial charge in [0.05, 0.1) is 18.8 Å². The molecule has 30 heavy (non-hydrogen) atoms.